The van der Waals surface area contributed by atoms with Crippen molar-refractivity contribution >= 4 is 17.7 Å². The fraction of sp³-hybridized carbons (Fsp3) is 0.407. The lowest BCUT2D eigenvalue weighted by Gasteiger charge is -2.29. The van der Waals surface area contributed by atoms with E-state index in [4.69, 9.17) is 21.4 Å². The van der Waals surface area contributed by atoms with Crippen molar-refractivity contribution in [2.75, 3.05) is 13.1 Å². The summed E-state index contributed by atoms with van der Waals surface area (Å²) in [7, 11) is 0. The van der Waals surface area contributed by atoms with Gasteiger partial charge < -0.3 is 4.74 Å². The molecule has 3 aromatic rings. The van der Waals surface area contributed by atoms with Crippen LogP contribution in [0.15, 0.2) is 54.6 Å². The standard InChI is InChI=1S/C27H33ClN4O2/c1-4-14-30-15-13-26-24(17-30)25(29-32(26)23-12-8-11-22(28)16-23)18-31(20(2)3)27(33)34-19-21-9-6-5-7-10-21/h5-12,16,20H,4,13-15,17-19H2,1-3H3. The van der Waals surface area contributed by atoms with Crippen LogP contribution in [0.5, 0.6) is 0 Å². The van der Waals surface area contributed by atoms with Crippen molar-refractivity contribution in [3.8, 4) is 5.69 Å². The lowest BCUT2D eigenvalue weighted by Crippen LogP contribution is -2.37. The normalized spacial score (nSPS) is 13.7. The van der Waals surface area contributed by atoms with Gasteiger partial charge in [-0.2, -0.15) is 5.10 Å². The van der Waals surface area contributed by atoms with Gasteiger partial charge in [-0.3, -0.25) is 9.80 Å². The predicted octanol–water partition coefficient (Wildman–Crippen LogP) is 5.84. The first-order chi connectivity index (χ1) is 16.5. The Morgan fingerprint density at radius 1 is 1.18 bits per heavy atom. The van der Waals surface area contributed by atoms with Crippen LogP contribution in [0, 0.1) is 0 Å². The molecule has 1 aliphatic heterocycles. The SMILES string of the molecule is CCCN1CCc2c(c(CN(C(=O)OCc3ccccc3)C(C)C)nn2-c2cccc(Cl)c2)C1. The van der Waals surface area contributed by atoms with Gasteiger partial charge in [0.05, 0.1) is 23.6 Å². The molecule has 4 rings (SSSR count). The molecule has 0 fully saturated rings. The van der Waals surface area contributed by atoms with Crippen LogP contribution in [0.4, 0.5) is 4.79 Å². The van der Waals surface area contributed by atoms with Crippen molar-refractivity contribution in [2.24, 2.45) is 0 Å². The summed E-state index contributed by atoms with van der Waals surface area (Å²) < 4.78 is 7.67. The first kappa shape index (κ1) is 24.3. The van der Waals surface area contributed by atoms with Gasteiger partial charge >= 0.3 is 6.09 Å². The highest BCUT2D eigenvalue weighted by Crippen LogP contribution is 2.28. The molecule has 0 radical (unpaired) electrons. The fourth-order valence-electron chi connectivity index (χ4n) is 4.42. The Morgan fingerprint density at radius 2 is 1.97 bits per heavy atom. The van der Waals surface area contributed by atoms with Crippen LogP contribution >= 0.6 is 11.6 Å². The number of amides is 1. The molecule has 1 aliphatic rings. The number of nitrogens with zero attached hydrogens (tertiary/aromatic N) is 4. The zero-order chi connectivity index (χ0) is 24.1. The molecule has 7 heteroatoms. The minimum atomic E-state index is -0.328. The Kier molecular flexibility index (Phi) is 7.91. The number of carbonyl (C=O) groups is 1. The molecular formula is C27H33ClN4O2. The second-order valence-corrected chi connectivity index (χ2v) is 9.49. The minimum absolute atomic E-state index is 0.0226. The molecule has 0 saturated carbocycles. The van der Waals surface area contributed by atoms with E-state index >= 15 is 0 Å². The van der Waals surface area contributed by atoms with Crippen LogP contribution < -0.4 is 0 Å². The van der Waals surface area contributed by atoms with Crippen molar-refractivity contribution in [3.05, 3.63) is 82.1 Å². The summed E-state index contributed by atoms with van der Waals surface area (Å²) in [6, 6.07) is 17.5. The molecule has 0 spiro atoms. The molecule has 0 unspecified atom stereocenters. The second kappa shape index (κ2) is 11.1. The molecule has 180 valence electrons. The van der Waals surface area contributed by atoms with Gasteiger partial charge in [0.15, 0.2) is 0 Å². The highest BCUT2D eigenvalue weighted by molar-refractivity contribution is 6.30. The average molecular weight is 481 g/mol. The third-order valence-corrected chi connectivity index (χ3v) is 6.43. The van der Waals surface area contributed by atoms with E-state index in [0.717, 1.165) is 49.4 Å². The highest BCUT2D eigenvalue weighted by atomic mass is 35.5. The number of carbonyl (C=O) groups excluding carboxylic acids is 1. The van der Waals surface area contributed by atoms with Gasteiger partial charge in [0.25, 0.3) is 0 Å². The van der Waals surface area contributed by atoms with E-state index in [-0.39, 0.29) is 18.7 Å². The van der Waals surface area contributed by atoms with Crippen LogP contribution in [0.2, 0.25) is 5.02 Å². The first-order valence-corrected chi connectivity index (χ1v) is 12.4. The Bertz CT molecular complexity index is 1110. The van der Waals surface area contributed by atoms with Crippen LogP contribution in [0.3, 0.4) is 0 Å². The van der Waals surface area contributed by atoms with Crippen LogP contribution in [0.1, 0.15) is 49.7 Å². The number of hydrogen-bond donors (Lipinski definition) is 0. The maximum absolute atomic E-state index is 13.1. The maximum Gasteiger partial charge on any atom is 0.410 e. The van der Waals surface area contributed by atoms with Crippen molar-refractivity contribution in [3.63, 3.8) is 0 Å². The second-order valence-electron chi connectivity index (χ2n) is 9.05. The third-order valence-electron chi connectivity index (χ3n) is 6.20. The molecule has 1 amide bonds. The van der Waals surface area contributed by atoms with E-state index in [1.807, 2.05) is 73.1 Å². The summed E-state index contributed by atoms with van der Waals surface area (Å²) in [4.78, 5) is 17.3. The van der Waals surface area contributed by atoms with Crippen LogP contribution in [-0.4, -0.2) is 44.8 Å². The van der Waals surface area contributed by atoms with Crippen molar-refractivity contribution in [1.29, 1.82) is 0 Å². The minimum Gasteiger partial charge on any atom is -0.445 e. The van der Waals surface area contributed by atoms with Gasteiger partial charge in [0.1, 0.15) is 6.61 Å². The predicted molar refractivity (Wildman–Crippen MR) is 135 cm³/mol. The summed E-state index contributed by atoms with van der Waals surface area (Å²) >= 11 is 6.28. The van der Waals surface area contributed by atoms with E-state index in [1.54, 1.807) is 4.90 Å². The third kappa shape index (κ3) is 5.62. The monoisotopic (exact) mass is 480 g/mol. The maximum atomic E-state index is 13.1. The number of halogens is 1. The molecule has 2 aromatic carbocycles. The fourth-order valence-corrected chi connectivity index (χ4v) is 4.60. The molecule has 0 bridgehead atoms. The summed E-state index contributed by atoms with van der Waals surface area (Å²) in [5.41, 5.74) is 5.24. The number of benzene rings is 2. The molecule has 1 aromatic heterocycles. The van der Waals surface area contributed by atoms with Crippen molar-refractivity contribution in [1.82, 2.24) is 19.6 Å². The van der Waals surface area contributed by atoms with Gasteiger partial charge in [-0.15, -0.1) is 0 Å². The van der Waals surface area contributed by atoms with E-state index in [0.29, 0.717) is 11.6 Å². The molecular weight excluding hydrogens is 448 g/mol. The lowest BCUT2D eigenvalue weighted by molar-refractivity contribution is 0.0821. The highest BCUT2D eigenvalue weighted by Gasteiger charge is 2.28. The zero-order valence-electron chi connectivity index (χ0n) is 20.2. The Labute approximate surface area is 207 Å². The van der Waals surface area contributed by atoms with Gasteiger partial charge in [-0.05, 0) is 50.6 Å². The van der Waals surface area contributed by atoms with Gasteiger partial charge in [-0.25, -0.2) is 9.48 Å². The first-order valence-electron chi connectivity index (χ1n) is 12.0. The van der Waals surface area contributed by atoms with Gasteiger partial charge in [0, 0.05) is 36.1 Å². The molecule has 0 saturated heterocycles. The largest absolute Gasteiger partial charge is 0.445 e. The quantitative estimate of drug-likeness (QED) is 0.406. The molecule has 6 nitrogen and oxygen atoms in total. The number of hydrogen-bond acceptors (Lipinski definition) is 4. The van der Waals surface area contributed by atoms with Crippen molar-refractivity contribution < 1.29 is 9.53 Å². The molecule has 0 atom stereocenters. The van der Waals surface area contributed by atoms with Crippen LogP contribution in [0.25, 0.3) is 5.69 Å². The molecule has 34 heavy (non-hydrogen) atoms. The Morgan fingerprint density at radius 3 is 2.68 bits per heavy atom. The number of rotatable bonds is 8. The summed E-state index contributed by atoms with van der Waals surface area (Å²) in [6.07, 6.45) is 1.69. The molecule has 0 N–H and O–H groups in total. The summed E-state index contributed by atoms with van der Waals surface area (Å²) in [6.45, 7) is 9.76. The molecule has 2 heterocycles. The van der Waals surface area contributed by atoms with E-state index < -0.39 is 0 Å². The molecule has 0 aliphatic carbocycles. The number of fused-ring (bicyclic) bond motifs is 1. The summed E-state index contributed by atoms with van der Waals surface area (Å²) in [5, 5.41) is 5.68. The number of aromatic nitrogens is 2. The van der Waals surface area contributed by atoms with Crippen LogP contribution in [-0.2, 0) is 30.9 Å². The Hall–Kier alpha value is -2.83. The van der Waals surface area contributed by atoms with E-state index in [9.17, 15) is 4.79 Å². The smallest absolute Gasteiger partial charge is 0.410 e. The van der Waals surface area contributed by atoms with Gasteiger partial charge in [-0.1, -0.05) is 54.9 Å². The average Bonchev–Trinajstić information content (AvgIpc) is 3.19. The zero-order valence-corrected chi connectivity index (χ0v) is 21.0. The van der Waals surface area contributed by atoms with Crippen molar-refractivity contribution in [2.45, 2.75) is 59.4 Å². The van der Waals surface area contributed by atoms with E-state index in [2.05, 4.69) is 11.8 Å². The van der Waals surface area contributed by atoms with Gasteiger partial charge in [0.2, 0.25) is 0 Å². The topological polar surface area (TPSA) is 50.6 Å². The van der Waals surface area contributed by atoms with E-state index in [1.165, 1.54) is 11.3 Å². The Balaban J connectivity index is 1.61. The lowest BCUT2D eigenvalue weighted by atomic mass is 10.0. The number of ether oxygens (including phenoxy) is 1. The summed E-state index contributed by atoms with van der Waals surface area (Å²) in [5.74, 6) is 0.